The molecule has 2 bridgehead atoms. The van der Waals surface area contributed by atoms with Crippen LogP contribution < -0.4 is 0 Å². The highest BCUT2D eigenvalue weighted by atomic mass is 16.2. The van der Waals surface area contributed by atoms with Crippen molar-refractivity contribution in [1.82, 2.24) is 4.90 Å². The van der Waals surface area contributed by atoms with E-state index >= 15 is 0 Å². The minimum absolute atomic E-state index is 0.0230. The van der Waals surface area contributed by atoms with Crippen LogP contribution in [0.1, 0.15) is 16.8 Å². The first-order valence-electron chi connectivity index (χ1n) is 5.38. The van der Waals surface area contributed by atoms with Crippen molar-refractivity contribution in [2.75, 3.05) is 0 Å². The van der Waals surface area contributed by atoms with E-state index in [2.05, 4.69) is 0 Å². The maximum atomic E-state index is 12.1. The van der Waals surface area contributed by atoms with Crippen LogP contribution in [0.15, 0.2) is 42.5 Å². The Hall–Kier alpha value is -1.90. The van der Waals surface area contributed by atoms with E-state index < -0.39 is 0 Å². The first-order valence-corrected chi connectivity index (χ1v) is 5.38. The Balaban J connectivity index is 1.92. The van der Waals surface area contributed by atoms with Gasteiger partial charge in [-0.25, -0.2) is 0 Å². The molecule has 0 radical (unpaired) electrons. The zero-order valence-corrected chi connectivity index (χ0v) is 8.67. The summed E-state index contributed by atoms with van der Waals surface area (Å²) >= 11 is 0. The minimum atomic E-state index is -0.178. The third kappa shape index (κ3) is 1.21. The molecule has 16 heavy (non-hydrogen) atoms. The number of likely N-dealkylation sites (tertiary alicyclic amines) is 1. The van der Waals surface area contributed by atoms with Crippen molar-refractivity contribution in [3.8, 4) is 0 Å². The van der Waals surface area contributed by atoms with E-state index in [0.29, 0.717) is 5.56 Å². The van der Waals surface area contributed by atoms with Gasteiger partial charge in [-0.3, -0.25) is 14.5 Å². The molecule has 1 aromatic carbocycles. The Morgan fingerprint density at radius 1 is 1.19 bits per heavy atom. The number of carbonyl (C=O) groups is 2. The summed E-state index contributed by atoms with van der Waals surface area (Å²) in [7, 11) is 0. The number of fused-ring (bicyclic) bond motifs is 2. The summed E-state index contributed by atoms with van der Waals surface area (Å²) in [6.07, 6.45) is 4.62. The number of imide groups is 1. The number of carbonyl (C=O) groups excluding carboxylic acids is 2. The highest BCUT2D eigenvalue weighted by Crippen LogP contribution is 2.33. The average molecular weight is 213 g/mol. The molecule has 2 unspecified atom stereocenters. The van der Waals surface area contributed by atoms with Crippen LogP contribution in [0.25, 0.3) is 0 Å². The maximum absolute atomic E-state index is 12.1. The smallest absolute Gasteiger partial charge is 0.261 e. The van der Waals surface area contributed by atoms with Crippen LogP contribution in [0.4, 0.5) is 0 Å². The second-order valence-corrected chi connectivity index (χ2v) is 4.17. The summed E-state index contributed by atoms with van der Waals surface area (Å²) in [5.41, 5.74) is 0.580. The lowest BCUT2D eigenvalue weighted by Crippen LogP contribution is -2.39. The van der Waals surface area contributed by atoms with Crippen molar-refractivity contribution in [3.63, 3.8) is 0 Å². The number of nitrogens with zero attached hydrogens (tertiary/aromatic N) is 1. The molecule has 0 saturated carbocycles. The molecule has 1 saturated heterocycles. The Labute approximate surface area is 93.4 Å². The van der Waals surface area contributed by atoms with Crippen molar-refractivity contribution < 1.29 is 9.59 Å². The van der Waals surface area contributed by atoms with E-state index in [9.17, 15) is 9.59 Å². The van der Waals surface area contributed by atoms with Crippen LogP contribution in [0, 0.1) is 5.92 Å². The second kappa shape index (κ2) is 3.30. The molecule has 1 fully saturated rings. The lowest BCUT2D eigenvalue weighted by atomic mass is 10.1. The number of hydrogen-bond donors (Lipinski definition) is 0. The summed E-state index contributed by atoms with van der Waals surface area (Å²) in [5.74, 6) is -0.304. The van der Waals surface area contributed by atoms with Gasteiger partial charge in [0.15, 0.2) is 0 Å². The van der Waals surface area contributed by atoms with Gasteiger partial charge in [0.1, 0.15) is 0 Å². The number of benzene rings is 1. The number of hydrogen-bond acceptors (Lipinski definition) is 2. The molecule has 2 amide bonds. The Morgan fingerprint density at radius 3 is 2.56 bits per heavy atom. The molecule has 1 heterocycles. The Morgan fingerprint density at radius 2 is 1.94 bits per heavy atom. The van der Waals surface area contributed by atoms with E-state index in [4.69, 9.17) is 0 Å². The molecule has 2 atom stereocenters. The van der Waals surface area contributed by atoms with Gasteiger partial charge in [0, 0.05) is 5.56 Å². The quantitative estimate of drug-likeness (QED) is 0.525. The Kier molecular flexibility index (Phi) is 1.93. The van der Waals surface area contributed by atoms with Crippen LogP contribution in [0.3, 0.4) is 0 Å². The molecular weight excluding hydrogens is 202 g/mol. The fourth-order valence-electron chi connectivity index (χ4n) is 2.37. The fraction of sp³-hybridized carbons (Fsp3) is 0.231. The third-order valence-electron chi connectivity index (χ3n) is 3.19. The molecule has 1 aliphatic heterocycles. The largest absolute Gasteiger partial charge is 0.274 e. The summed E-state index contributed by atoms with van der Waals surface area (Å²) in [6, 6.07) is 8.93. The predicted molar refractivity (Wildman–Crippen MR) is 58.7 cm³/mol. The van der Waals surface area contributed by atoms with Crippen molar-refractivity contribution in [2.45, 2.75) is 12.5 Å². The highest BCUT2D eigenvalue weighted by molar-refractivity contribution is 6.07. The van der Waals surface area contributed by atoms with Gasteiger partial charge in [-0.2, -0.15) is 0 Å². The monoisotopic (exact) mass is 213 g/mol. The first kappa shape index (κ1) is 9.33. The molecule has 1 aliphatic carbocycles. The van der Waals surface area contributed by atoms with E-state index in [1.165, 1.54) is 4.90 Å². The van der Waals surface area contributed by atoms with Crippen LogP contribution in [0.5, 0.6) is 0 Å². The van der Waals surface area contributed by atoms with Crippen LogP contribution in [-0.4, -0.2) is 22.8 Å². The van der Waals surface area contributed by atoms with Gasteiger partial charge in [-0.1, -0.05) is 30.4 Å². The zero-order valence-electron chi connectivity index (χ0n) is 8.67. The van der Waals surface area contributed by atoms with E-state index in [1.807, 2.05) is 30.4 Å². The van der Waals surface area contributed by atoms with Gasteiger partial charge < -0.3 is 0 Å². The van der Waals surface area contributed by atoms with E-state index in [0.717, 1.165) is 6.42 Å². The summed E-state index contributed by atoms with van der Waals surface area (Å²) in [4.78, 5) is 25.3. The van der Waals surface area contributed by atoms with Gasteiger partial charge in [0.2, 0.25) is 5.91 Å². The molecule has 1 aromatic rings. The topological polar surface area (TPSA) is 37.4 Å². The standard InChI is InChI=1S/C13H11NO2/c15-12(9-4-2-1-3-5-9)14-11-7-6-10(8-11)13(14)16/h1-7,10-11H,8H2. The van der Waals surface area contributed by atoms with E-state index in [-0.39, 0.29) is 23.8 Å². The summed E-state index contributed by atoms with van der Waals surface area (Å²) < 4.78 is 0. The molecule has 3 rings (SSSR count). The molecular formula is C13H11NO2. The normalized spacial score (nSPS) is 26.5. The number of rotatable bonds is 1. The SMILES string of the molecule is O=C(c1ccccc1)N1C(=O)C2C=CC1C2. The lowest BCUT2D eigenvalue weighted by molar-refractivity contribution is -0.128. The van der Waals surface area contributed by atoms with Crippen LogP contribution in [0.2, 0.25) is 0 Å². The lowest BCUT2D eigenvalue weighted by Gasteiger charge is -2.21. The molecule has 2 aliphatic rings. The Bertz CT molecular complexity index is 478. The van der Waals surface area contributed by atoms with Gasteiger partial charge in [-0.05, 0) is 18.6 Å². The summed E-state index contributed by atoms with van der Waals surface area (Å²) in [5, 5.41) is 0. The van der Waals surface area contributed by atoms with Crippen molar-refractivity contribution in [1.29, 1.82) is 0 Å². The second-order valence-electron chi connectivity index (χ2n) is 4.17. The fourth-order valence-corrected chi connectivity index (χ4v) is 2.37. The van der Waals surface area contributed by atoms with Crippen LogP contribution >= 0.6 is 0 Å². The first-order chi connectivity index (χ1) is 7.77. The molecule has 3 heteroatoms. The predicted octanol–water partition coefficient (Wildman–Crippen LogP) is 1.61. The molecule has 80 valence electrons. The minimum Gasteiger partial charge on any atom is -0.274 e. The van der Waals surface area contributed by atoms with Crippen molar-refractivity contribution >= 4 is 11.8 Å². The van der Waals surface area contributed by atoms with Gasteiger partial charge in [-0.15, -0.1) is 0 Å². The third-order valence-corrected chi connectivity index (χ3v) is 3.19. The molecule has 3 nitrogen and oxygen atoms in total. The van der Waals surface area contributed by atoms with E-state index in [1.54, 1.807) is 12.1 Å². The zero-order chi connectivity index (χ0) is 11.1. The average Bonchev–Trinajstić information content (AvgIpc) is 2.90. The van der Waals surface area contributed by atoms with Crippen LogP contribution in [-0.2, 0) is 4.79 Å². The van der Waals surface area contributed by atoms with Gasteiger partial charge >= 0.3 is 0 Å². The van der Waals surface area contributed by atoms with Gasteiger partial charge in [0.25, 0.3) is 5.91 Å². The highest BCUT2D eigenvalue weighted by Gasteiger charge is 2.44. The van der Waals surface area contributed by atoms with Crippen molar-refractivity contribution in [2.24, 2.45) is 5.92 Å². The molecule has 0 N–H and O–H groups in total. The molecule has 0 spiro atoms. The van der Waals surface area contributed by atoms with Crippen molar-refractivity contribution in [3.05, 3.63) is 48.0 Å². The number of amides is 2. The maximum Gasteiger partial charge on any atom is 0.261 e. The summed E-state index contributed by atoms with van der Waals surface area (Å²) in [6.45, 7) is 0. The van der Waals surface area contributed by atoms with Gasteiger partial charge in [0.05, 0.1) is 12.0 Å². The molecule has 0 aromatic heterocycles.